The molecular weight excluding hydrogens is 417 g/mol. The molecule has 33 heavy (non-hydrogen) atoms. The van der Waals surface area contributed by atoms with E-state index < -0.39 is 27.8 Å². The molecule has 0 heterocycles. The van der Waals surface area contributed by atoms with E-state index in [1.807, 2.05) is 78.9 Å². The van der Waals surface area contributed by atoms with Gasteiger partial charge in [0.2, 0.25) is 0 Å². The normalized spacial score (nSPS) is 34.1. The van der Waals surface area contributed by atoms with Crippen LogP contribution in [0.15, 0.2) is 91.0 Å². The number of benzene rings is 3. The van der Waals surface area contributed by atoms with E-state index in [4.69, 9.17) is 0 Å². The van der Waals surface area contributed by atoms with Crippen molar-refractivity contribution >= 4 is 0 Å². The average molecular weight is 449 g/mol. The summed E-state index contributed by atoms with van der Waals surface area (Å²) in [7, 11) is 0. The Labute approximate surface area is 194 Å². The topological polar surface area (TPSA) is 0 Å². The Morgan fingerprint density at radius 3 is 1.24 bits per heavy atom. The van der Waals surface area contributed by atoms with Crippen LogP contribution in [0.2, 0.25) is 0 Å². The van der Waals surface area contributed by atoms with E-state index in [1.54, 1.807) is 0 Å². The summed E-state index contributed by atoms with van der Waals surface area (Å²) in [4.78, 5) is 0. The van der Waals surface area contributed by atoms with E-state index in [1.165, 1.54) is 0 Å². The third-order valence-corrected chi connectivity index (χ3v) is 8.52. The summed E-state index contributed by atoms with van der Waals surface area (Å²) in [6, 6.07) is 29.8. The Balaban J connectivity index is 1.75. The summed E-state index contributed by atoms with van der Waals surface area (Å²) in [6.07, 6.45) is -2.42. The van der Waals surface area contributed by atoms with Crippen molar-refractivity contribution in [3.8, 4) is 0 Å². The molecule has 0 aromatic heterocycles. The van der Waals surface area contributed by atoms with Gasteiger partial charge in [0.05, 0.1) is 5.41 Å². The van der Waals surface area contributed by atoms with Gasteiger partial charge in [0, 0.05) is 0 Å². The second-order valence-corrected chi connectivity index (χ2v) is 11.2. The van der Waals surface area contributed by atoms with Crippen LogP contribution in [0.4, 0.5) is 13.2 Å². The van der Waals surface area contributed by atoms with Crippen LogP contribution >= 0.6 is 0 Å². The molecule has 2 saturated carbocycles. The van der Waals surface area contributed by atoms with Crippen LogP contribution in [0.1, 0.15) is 62.6 Å². The van der Waals surface area contributed by atoms with Gasteiger partial charge in [0.25, 0.3) is 0 Å². The molecular formula is C30H31F3. The molecule has 5 rings (SSSR count). The molecule has 0 nitrogen and oxygen atoms in total. The maximum atomic E-state index is 15.2. The Morgan fingerprint density at radius 1 is 0.515 bits per heavy atom. The average Bonchev–Trinajstić information content (AvgIpc) is 2.79. The molecule has 2 bridgehead atoms. The van der Waals surface area contributed by atoms with Crippen molar-refractivity contribution in [2.24, 2.45) is 5.41 Å². The first kappa shape index (κ1) is 22.3. The zero-order chi connectivity index (χ0) is 23.4. The monoisotopic (exact) mass is 448 g/mol. The minimum absolute atomic E-state index is 0.129. The van der Waals surface area contributed by atoms with Crippen LogP contribution in [-0.2, 0) is 16.2 Å². The van der Waals surface area contributed by atoms with E-state index in [9.17, 15) is 0 Å². The summed E-state index contributed by atoms with van der Waals surface area (Å²) in [5.41, 5.74) is -0.325. The molecule has 3 aromatic carbocycles. The molecule has 2 aliphatic rings. The molecule has 172 valence electrons. The lowest BCUT2D eigenvalue weighted by molar-refractivity contribution is -0.267. The fraction of sp³-hybridized carbons (Fsp3) is 0.400. The summed E-state index contributed by atoms with van der Waals surface area (Å²) in [6.45, 7) is 4.12. The Morgan fingerprint density at radius 2 is 0.879 bits per heavy atom. The second-order valence-electron chi connectivity index (χ2n) is 11.2. The van der Waals surface area contributed by atoms with E-state index in [2.05, 4.69) is 26.0 Å². The third kappa shape index (κ3) is 3.61. The summed E-state index contributed by atoms with van der Waals surface area (Å²) < 4.78 is 45.6. The Kier molecular flexibility index (Phi) is 5.04. The summed E-state index contributed by atoms with van der Waals surface area (Å²) in [5.74, 6) is 0. The van der Waals surface area contributed by atoms with Crippen LogP contribution < -0.4 is 0 Å². The molecule has 0 aliphatic heterocycles. The fourth-order valence-electron chi connectivity index (χ4n) is 7.62. The zero-order valence-corrected chi connectivity index (χ0v) is 19.3. The lowest BCUT2D eigenvalue weighted by Gasteiger charge is -2.63. The summed E-state index contributed by atoms with van der Waals surface area (Å²) >= 11 is 0. The van der Waals surface area contributed by atoms with Crippen molar-refractivity contribution in [3.63, 3.8) is 0 Å². The van der Waals surface area contributed by atoms with Gasteiger partial charge in [-0.2, -0.15) is 13.2 Å². The van der Waals surface area contributed by atoms with Gasteiger partial charge in [-0.3, -0.25) is 0 Å². The van der Waals surface area contributed by atoms with Gasteiger partial charge in [-0.1, -0.05) is 105 Å². The van der Waals surface area contributed by atoms with E-state index >= 15 is 13.2 Å². The fourth-order valence-corrected chi connectivity index (χ4v) is 7.62. The van der Waals surface area contributed by atoms with Gasteiger partial charge >= 0.3 is 6.18 Å². The molecule has 0 N–H and O–H groups in total. The number of fused-ring (bicyclic) bond motifs is 2. The van der Waals surface area contributed by atoms with Gasteiger partial charge in [-0.05, 0) is 65.0 Å². The predicted molar refractivity (Wildman–Crippen MR) is 127 cm³/mol. The molecule has 0 amide bonds. The Hall–Kier alpha value is -2.55. The summed E-state index contributed by atoms with van der Waals surface area (Å²) in [5, 5.41) is 0. The van der Waals surface area contributed by atoms with Gasteiger partial charge in [-0.25, -0.2) is 0 Å². The first-order valence-electron chi connectivity index (χ1n) is 11.8. The van der Waals surface area contributed by atoms with Gasteiger partial charge in [-0.15, -0.1) is 0 Å². The first-order chi connectivity index (χ1) is 15.6. The quantitative estimate of drug-likeness (QED) is 0.377. The molecule has 2 fully saturated rings. The maximum Gasteiger partial charge on any atom is 0.394 e. The van der Waals surface area contributed by atoms with Crippen molar-refractivity contribution in [1.29, 1.82) is 0 Å². The van der Waals surface area contributed by atoms with E-state index in [0.29, 0.717) is 12.8 Å². The molecule has 2 atom stereocenters. The van der Waals surface area contributed by atoms with Crippen molar-refractivity contribution in [2.75, 3.05) is 0 Å². The largest absolute Gasteiger partial charge is 0.394 e. The van der Waals surface area contributed by atoms with Gasteiger partial charge in [0.1, 0.15) is 0 Å². The predicted octanol–water partition coefficient (Wildman–Crippen LogP) is 8.37. The lowest BCUT2D eigenvalue weighted by atomic mass is 9.40. The second kappa shape index (κ2) is 7.48. The number of hydrogen-bond acceptors (Lipinski definition) is 0. The van der Waals surface area contributed by atoms with Crippen LogP contribution in [0.25, 0.3) is 0 Å². The zero-order valence-electron chi connectivity index (χ0n) is 19.3. The highest BCUT2D eigenvalue weighted by molar-refractivity contribution is 5.40. The van der Waals surface area contributed by atoms with Crippen LogP contribution in [0.3, 0.4) is 0 Å². The minimum Gasteiger partial charge on any atom is -0.171 e. The van der Waals surface area contributed by atoms with Gasteiger partial charge in [0.15, 0.2) is 0 Å². The van der Waals surface area contributed by atoms with Crippen LogP contribution in [-0.4, -0.2) is 6.18 Å². The number of halogens is 3. The number of rotatable bonds is 3. The lowest BCUT2D eigenvalue weighted by Crippen LogP contribution is -2.61. The highest BCUT2D eigenvalue weighted by atomic mass is 19.4. The van der Waals surface area contributed by atoms with Crippen LogP contribution in [0, 0.1) is 5.41 Å². The molecule has 3 heteroatoms. The molecule has 2 unspecified atom stereocenters. The maximum absolute atomic E-state index is 15.2. The van der Waals surface area contributed by atoms with E-state index in [0.717, 1.165) is 16.7 Å². The number of hydrogen-bond donors (Lipinski definition) is 0. The van der Waals surface area contributed by atoms with Crippen LogP contribution in [0.5, 0.6) is 0 Å². The third-order valence-electron chi connectivity index (χ3n) is 8.52. The molecule has 3 aromatic rings. The van der Waals surface area contributed by atoms with Gasteiger partial charge < -0.3 is 0 Å². The SMILES string of the molecule is CC1(c2ccccc2)CC2(c3ccccc3)CC(C)(c3ccccc3)CC(C(F)(F)F)(C1)C2. The molecule has 2 aliphatic carbocycles. The number of alkyl halides is 3. The van der Waals surface area contributed by atoms with Crippen molar-refractivity contribution in [2.45, 2.75) is 68.4 Å². The van der Waals surface area contributed by atoms with Crippen molar-refractivity contribution in [3.05, 3.63) is 108 Å². The highest BCUT2D eigenvalue weighted by Crippen LogP contribution is 2.70. The van der Waals surface area contributed by atoms with Crippen molar-refractivity contribution < 1.29 is 13.2 Å². The molecule has 0 radical (unpaired) electrons. The first-order valence-corrected chi connectivity index (χ1v) is 11.8. The molecule has 0 spiro atoms. The Bertz CT molecular complexity index is 1040. The van der Waals surface area contributed by atoms with E-state index in [-0.39, 0.29) is 19.3 Å². The molecule has 0 saturated heterocycles. The van der Waals surface area contributed by atoms with Crippen molar-refractivity contribution in [1.82, 2.24) is 0 Å². The minimum atomic E-state index is -4.28. The standard InChI is InChI=1S/C30H31F3/c1-26(23-12-6-3-7-13-23)18-28(25-16-10-5-11-17-25)19-27(2,24-14-8-4-9-15-24)21-29(20-26,22-28)30(31,32)33/h3-17H,18-22H2,1-2H3. The highest BCUT2D eigenvalue weighted by Gasteiger charge is 2.69. The smallest absolute Gasteiger partial charge is 0.171 e.